The Morgan fingerprint density at radius 2 is 2.00 bits per heavy atom. The number of non-ortho nitro benzene ring substituents is 1. The van der Waals surface area contributed by atoms with Crippen LogP contribution in [0.4, 0.5) is 5.69 Å². The van der Waals surface area contributed by atoms with Crippen LogP contribution in [-0.2, 0) is 11.2 Å². The van der Waals surface area contributed by atoms with Crippen molar-refractivity contribution in [3.05, 3.63) is 68.8 Å². The minimum atomic E-state index is -0.491. The van der Waals surface area contributed by atoms with Crippen LogP contribution in [0.15, 0.2) is 41.5 Å². The maximum Gasteiger partial charge on any atom is 0.270 e. The van der Waals surface area contributed by atoms with Crippen molar-refractivity contribution in [1.29, 1.82) is 0 Å². The van der Waals surface area contributed by atoms with Gasteiger partial charge in [-0.15, -0.1) is 0 Å². The van der Waals surface area contributed by atoms with Crippen LogP contribution >= 0.6 is 0 Å². The number of carbonyl (C=O) groups excluding carboxylic acids is 1. The highest BCUT2D eigenvalue weighted by Gasteiger charge is 2.12. The van der Waals surface area contributed by atoms with Gasteiger partial charge in [0.2, 0.25) is 5.91 Å². The molecule has 0 radical (unpaired) electrons. The normalized spacial score (nSPS) is 11.0. The number of rotatable bonds is 7. The van der Waals surface area contributed by atoms with Crippen LogP contribution in [-0.4, -0.2) is 23.1 Å². The van der Waals surface area contributed by atoms with E-state index >= 15 is 0 Å². The number of aryl methyl sites for hydroxylation is 2. The average Bonchev–Trinajstić information content (AvgIpc) is 2.58. The number of nitro groups is 1. The summed E-state index contributed by atoms with van der Waals surface area (Å²) in [6.45, 7) is 7.66. The number of amides is 1. The largest absolute Gasteiger partial charge is 0.490 e. The minimum Gasteiger partial charge on any atom is -0.490 e. The van der Waals surface area contributed by atoms with E-state index in [0.717, 1.165) is 16.7 Å². The Hall–Kier alpha value is -3.22. The third-order valence-electron chi connectivity index (χ3n) is 3.81. The van der Waals surface area contributed by atoms with Crippen molar-refractivity contribution in [1.82, 2.24) is 5.43 Å². The topological polar surface area (TPSA) is 93.8 Å². The van der Waals surface area contributed by atoms with Gasteiger partial charge in [0.15, 0.2) is 0 Å². The second-order valence-corrected chi connectivity index (χ2v) is 6.55. The predicted octanol–water partition coefficient (Wildman–Crippen LogP) is 3.69. The van der Waals surface area contributed by atoms with Crippen molar-refractivity contribution in [2.24, 2.45) is 5.10 Å². The second-order valence-electron chi connectivity index (χ2n) is 6.55. The number of nitrogens with one attached hydrogen (secondary N) is 1. The number of hydrazone groups is 1. The third kappa shape index (κ3) is 5.91. The van der Waals surface area contributed by atoms with Crippen molar-refractivity contribution in [2.45, 2.75) is 40.2 Å². The Labute approximate surface area is 158 Å². The summed E-state index contributed by atoms with van der Waals surface area (Å²) in [5.41, 5.74) is 5.90. The van der Waals surface area contributed by atoms with Gasteiger partial charge in [-0.05, 0) is 44.9 Å². The second kappa shape index (κ2) is 8.93. The summed E-state index contributed by atoms with van der Waals surface area (Å²) in [6, 6.07) is 10.1. The minimum absolute atomic E-state index is 0.0748. The first-order valence-electron chi connectivity index (χ1n) is 8.59. The summed E-state index contributed by atoms with van der Waals surface area (Å²) in [7, 11) is 0. The molecule has 2 aromatic rings. The standard InChI is InChI=1S/C20H23N3O4/c1-13(2)27-19-8-7-18(23(25)26)10-17(19)12-21-22-20(24)11-16-6-5-14(3)9-15(16)4/h5-10,12-13H,11H2,1-4H3,(H,22,24)/b21-12-. The van der Waals surface area contributed by atoms with E-state index in [4.69, 9.17) is 4.74 Å². The molecule has 1 amide bonds. The van der Waals surface area contributed by atoms with Gasteiger partial charge in [-0.25, -0.2) is 5.43 Å². The molecule has 2 rings (SSSR count). The fraction of sp³-hybridized carbons (Fsp3) is 0.300. The monoisotopic (exact) mass is 369 g/mol. The van der Waals surface area contributed by atoms with Crippen LogP contribution in [0.3, 0.4) is 0 Å². The van der Waals surface area contributed by atoms with Crippen LogP contribution in [0.25, 0.3) is 0 Å². The van der Waals surface area contributed by atoms with Gasteiger partial charge in [-0.3, -0.25) is 14.9 Å². The predicted molar refractivity (Wildman–Crippen MR) is 104 cm³/mol. The molecule has 0 atom stereocenters. The van der Waals surface area contributed by atoms with Crippen molar-refractivity contribution in [3.8, 4) is 5.75 Å². The molecule has 0 bridgehead atoms. The van der Waals surface area contributed by atoms with Gasteiger partial charge in [0, 0.05) is 17.7 Å². The van der Waals surface area contributed by atoms with E-state index in [1.54, 1.807) is 0 Å². The lowest BCUT2D eigenvalue weighted by atomic mass is 10.0. The quantitative estimate of drug-likeness (QED) is 0.457. The van der Waals surface area contributed by atoms with Gasteiger partial charge >= 0.3 is 0 Å². The van der Waals surface area contributed by atoms with Gasteiger partial charge in [0.1, 0.15) is 5.75 Å². The van der Waals surface area contributed by atoms with Crippen molar-refractivity contribution in [2.75, 3.05) is 0 Å². The molecule has 0 aromatic heterocycles. The molecule has 0 aliphatic carbocycles. The maximum absolute atomic E-state index is 12.1. The molecule has 0 saturated heterocycles. The molecule has 0 aliphatic heterocycles. The number of nitrogens with zero attached hydrogens (tertiary/aromatic N) is 2. The summed E-state index contributed by atoms with van der Waals surface area (Å²) >= 11 is 0. The highest BCUT2D eigenvalue weighted by molar-refractivity contribution is 5.86. The fourth-order valence-corrected chi connectivity index (χ4v) is 2.54. The van der Waals surface area contributed by atoms with E-state index in [-0.39, 0.29) is 24.1 Å². The molecule has 27 heavy (non-hydrogen) atoms. The SMILES string of the molecule is Cc1ccc(CC(=O)N/N=C\c2cc([N+](=O)[O-])ccc2OC(C)C)c(C)c1. The highest BCUT2D eigenvalue weighted by Crippen LogP contribution is 2.23. The first kappa shape index (κ1) is 20.1. The van der Waals surface area contributed by atoms with E-state index in [9.17, 15) is 14.9 Å². The molecule has 2 aromatic carbocycles. The molecule has 7 heteroatoms. The van der Waals surface area contributed by atoms with E-state index in [0.29, 0.717) is 11.3 Å². The number of hydrogen-bond donors (Lipinski definition) is 1. The molecule has 142 valence electrons. The third-order valence-corrected chi connectivity index (χ3v) is 3.81. The lowest BCUT2D eigenvalue weighted by Crippen LogP contribution is -2.20. The number of ether oxygens (including phenoxy) is 1. The van der Waals surface area contributed by atoms with Gasteiger partial charge < -0.3 is 4.74 Å². The zero-order valence-electron chi connectivity index (χ0n) is 15.9. The molecular weight excluding hydrogens is 346 g/mol. The molecule has 7 nitrogen and oxygen atoms in total. The summed E-state index contributed by atoms with van der Waals surface area (Å²) in [5.74, 6) is 0.193. The number of carbonyl (C=O) groups is 1. The Kier molecular flexibility index (Phi) is 6.65. The van der Waals surface area contributed by atoms with Crippen LogP contribution < -0.4 is 10.2 Å². The van der Waals surface area contributed by atoms with Crippen LogP contribution in [0, 0.1) is 24.0 Å². The molecule has 0 fully saturated rings. The zero-order valence-corrected chi connectivity index (χ0v) is 15.9. The fourth-order valence-electron chi connectivity index (χ4n) is 2.54. The summed E-state index contributed by atoms with van der Waals surface area (Å²) < 4.78 is 5.63. The molecule has 0 spiro atoms. The van der Waals surface area contributed by atoms with Gasteiger partial charge in [-0.1, -0.05) is 23.8 Å². The van der Waals surface area contributed by atoms with E-state index in [1.165, 1.54) is 24.4 Å². The number of nitro benzene ring substituents is 1. The molecule has 0 saturated carbocycles. The Bertz CT molecular complexity index is 876. The van der Waals surface area contributed by atoms with Crippen LogP contribution in [0.2, 0.25) is 0 Å². The Morgan fingerprint density at radius 3 is 2.63 bits per heavy atom. The highest BCUT2D eigenvalue weighted by atomic mass is 16.6. The van der Waals surface area contributed by atoms with Crippen molar-refractivity contribution in [3.63, 3.8) is 0 Å². The smallest absolute Gasteiger partial charge is 0.270 e. The first-order valence-corrected chi connectivity index (χ1v) is 8.59. The number of benzene rings is 2. The maximum atomic E-state index is 12.1. The Morgan fingerprint density at radius 1 is 1.26 bits per heavy atom. The van der Waals surface area contributed by atoms with Crippen LogP contribution in [0.1, 0.15) is 36.1 Å². The van der Waals surface area contributed by atoms with Gasteiger partial charge in [0.25, 0.3) is 5.69 Å². The molecule has 0 aliphatic rings. The summed E-state index contributed by atoms with van der Waals surface area (Å²) in [4.78, 5) is 22.6. The van der Waals surface area contributed by atoms with E-state index in [2.05, 4.69) is 10.5 Å². The molecular formula is C20H23N3O4. The lowest BCUT2D eigenvalue weighted by molar-refractivity contribution is -0.384. The summed E-state index contributed by atoms with van der Waals surface area (Å²) in [6.07, 6.45) is 1.45. The van der Waals surface area contributed by atoms with Crippen LogP contribution in [0.5, 0.6) is 5.75 Å². The Balaban J connectivity index is 2.10. The van der Waals surface area contributed by atoms with Gasteiger partial charge in [0.05, 0.1) is 23.7 Å². The van der Waals surface area contributed by atoms with Crippen molar-refractivity contribution < 1.29 is 14.5 Å². The first-order chi connectivity index (χ1) is 12.8. The lowest BCUT2D eigenvalue weighted by Gasteiger charge is -2.12. The van der Waals surface area contributed by atoms with E-state index in [1.807, 2.05) is 45.9 Å². The van der Waals surface area contributed by atoms with E-state index < -0.39 is 4.92 Å². The average molecular weight is 369 g/mol. The molecule has 1 N–H and O–H groups in total. The number of hydrogen-bond acceptors (Lipinski definition) is 5. The zero-order chi connectivity index (χ0) is 20.0. The van der Waals surface area contributed by atoms with Gasteiger partial charge in [-0.2, -0.15) is 5.10 Å². The molecule has 0 heterocycles. The molecule has 0 unspecified atom stereocenters. The summed E-state index contributed by atoms with van der Waals surface area (Å²) in [5, 5.41) is 14.9. The van der Waals surface area contributed by atoms with Crippen molar-refractivity contribution >= 4 is 17.8 Å².